The number of Topliss-reactive ketones (excluding diaryl/α,β-unsaturated/α-hetero) is 1. The van der Waals surface area contributed by atoms with E-state index in [9.17, 15) is 19.0 Å². The lowest BCUT2D eigenvalue weighted by atomic mass is 9.78. The van der Waals surface area contributed by atoms with Gasteiger partial charge in [-0.3, -0.25) is 4.79 Å². The number of nitrogens with one attached hydrogen (secondary N) is 1. The lowest BCUT2D eigenvalue weighted by molar-refractivity contribution is -0.117. The molecule has 1 heterocycles. The van der Waals surface area contributed by atoms with E-state index in [1.165, 1.54) is 19.1 Å². The van der Waals surface area contributed by atoms with Crippen LogP contribution >= 0.6 is 0 Å². The Labute approximate surface area is 164 Å². The van der Waals surface area contributed by atoms with Gasteiger partial charge in [0, 0.05) is 18.0 Å². The van der Waals surface area contributed by atoms with E-state index in [0.717, 1.165) is 11.1 Å². The number of amides is 1. The molecule has 1 amide bonds. The highest BCUT2D eigenvalue weighted by molar-refractivity contribution is 6.61. The summed E-state index contributed by atoms with van der Waals surface area (Å²) in [7, 11) is -1.00. The fourth-order valence-corrected chi connectivity index (χ4v) is 3.57. The topological polar surface area (TPSA) is 75.6 Å². The molecule has 0 bridgehead atoms. The molecule has 0 aromatic heterocycles. The predicted molar refractivity (Wildman–Crippen MR) is 105 cm³/mol. The van der Waals surface area contributed by atoms with E-state index >= 15 is 0 Å². The van der Waals surface area contributed by atoms with Crippen molar-refractivity contribution < 1.29 is 23.7 Å². The van der Waals surface area contributed by atoms with E-state index in [1.54, 1.807) is 30.3 Å². The van der Waals surface area contributed by atoms with Crippen LogP contribution in [0.3, 0.4) is 0 Å². The molecule has 3 rings (SSSR count). The average Bonchev–Trinajstić information content (AvgIpc) is 3.02. The second kappa shape index (κ2) is 8.67. The molecule has 0 aliphatic carbocycles. The molecule has 2 N–H and O–H groups in total. The molecule has 1 aliphatic rings. The first-order valence-electron chi connectivity index (χ1n) is 9.31. The summed E-state index contributed by atoms with van der Waals surface area (Å²) in [5.74, 6) is -0.645. The van der Waals surface area contributed by atoms with Gasteiger partial charge in [0.15, 0.2) is 0 Å². The second-order valence-electron chi connectivity index (χ2n) is 7.34. The highest BCUT2D eigenvalue weighted by Gasteiger charge is 2.28. The zero-order valence-corrected chi connectivity index (χ0v) is 15.9. The number of benzene rings is 2. The van der Waals surface area contributed by atoms with Gasteiger partial charge in [-0.15, -0.1) is 0 Å². The van der Waals surface area contributed by atoms with Crippen LogP contribution in [0, 0.1) is 5.82 Å². The zero-order chi connectivity index (χ0) is 20.3. The van der Waals surface area contributed by atoms with Crippen molar-refractivity contribution in [3.63, 3.8) is 0 Å². The van der Waals surface area contributed by atoms with Crippen molar-refractivity contribution in [1.29, 1.82) is 0 Å². The van der Waals surface area contributed by atoms with Gasteiger partial charge in [0.1, 0.15) is 11.6 Å². The average molecular weight is 383 g/mol. The maximum atomic E-state index is 13.2. The van der Waals surface area contributed by atoms with Crippen molar-refractivity contribution in [2.75, 3.05) is 0 Å². The Balaban J connectivity index is 1.67. The van der Waals surface area contributed by atoms with Crippen molar-refractivity contribution in [3.05, 3.63) is 65.0 Å². The molecule has 2 unspecified atom stereocenters. The third kappa shape index (κ3) is 4.85. The van der Waals surface area contributed by atoms with E-state index < -0.39 is 7.12 Å². The molecule has 2 aromatic rings. The molecule has 5 nitrogen and oxygen atoms in total. The van der Waals surface area contributed by atoms with Crippen molar-refractivity contribution in [2.24, 2.45) is 0 Å². The fraction of sp³-hybridized carbons (Fsp3) is 0.333. The van der Waals surface area contributed by atoms with Gasteiger partial charge in [-0.1, -0.05) is 18.2 Å². The van der Waals surface area contributed by atoms with Crippen LogP contribution in [0.5, 0.6) is 0 Å². The van der Waals surface area contributed by atoms with Crippen LogP contribution in [0.25, 0.3) is 0 Å². The van der Waals surface area contributed by atoms with E-state index in [4.69, 9.17) is 4.65 Å². The minimum absolute atomic E-state index is 0.0421. The lowest BCUT2D eigenvalue weighted by Crippen LogP contribution is -2.35. The number of halogens is 1. The first kappa shape index (κ1) is 20.2. The molecule has 7 heteroatoms. The Hall–Kier alpha value is -2.51. The molecular weight excluding hydrogens is 360 g/mol. The minimum Gasteiger partial charge on any atom is -0.423 e. The minimum atomic E-state index is -1.00. The summed E-state index contributed by atoms with van der Waals surface area (Å²) in [5, 5.41) is 12.7. The summed E-state index contributed by atoms with van der Waals surface area (Å²) < 4.78 is 18.4. The quantitative estimate of drug-likeness (QED) is 0.720. The number of fused-ring (bicyclic) bond motifs is 1. The molecule has 2 aromatic carbocycles. The maximum Gasteiger partial charge on any atom is 0.491 e. The van der Waals surface area contributed by atoms with E-state index in [2.05, 4.69) is 5.32 Å². The normalized spacial score (nSPS) is 15.1. The van der Waals surface area contributed by atoms with Crippen LogP contribution in [-0.2, 0) is 16.1 Å². The van der Waals surface area contributed by atoms with Crippen LogP contribution < -0.4 is 10.8 Å². The summed E-state index contributed by atoms with van der Waals surface area (Å²) in [6.45, 7) is 3.73. The molecule has 2 atom stereocenters. The van der Waals surface area contributed by atoms with Gasteiger partial charge < -0.3 is 19.8 Å². The van der Waals surface area contributed by atoms with E-state index in [-0.39, 0.29) is 29.5 Å². The van der Waals surface area contributed by atoms with Gasteiger partial charge >= 0.3 is 7.12 Å². The first-order chi connectivity index (χ1) is 13.3. The third-order valence-electron chi connectivity index (χ3n) is 4.96. The Morgan fingerprint density at radius 1 is 1.25 bits per heavy atom. The number of rotatable bonds is 7. The molecule has 0 saturated carbocycles. The number of hydrogen-bond acceptors (Lipinski definition) is 4. The SMILES string of the molecule is CC(=O)CC(CC(C)NC(=O)c1ccc2c(c1)B(O)OC2)c1ccc(F)cc1. The molecule has 0 saturated heterocycles. The van der Waals surface area contributed by atoms with Crippen LogP contribution in [-0.4, -0.2) is 29.9 Å². The summed E-state index contributed by atoms with van der Waals surface area (Å²) in [5.41, 5.74) is 2.80. The van der Waals surface area contributed by atoms with Crippen molar-refractivity contribution in [1.82, 2.24) is 5.32 Å². The summed E-state index contributed by atoms with van der Waals surface area (Å²) >= 11 is 0. The van der Waals surface area contributed by atoms with Gasteiger partial charge in [0.25, 0.3) is 5.91 Å². The summed E-state index contributed by atoms with van der Waals surface area (Å²) in [6, 6.07) is 11.0. The molecule has 0 fully saturated rings. The van der Waals surface area contributed by atoms with Gasteiger partial charge in [-0.2, -0.15) is 0 Å². The first-order valence-corrected chi connectivity index (χ1v) is 9.31. The summed E-state index contributed by atoms with van der Waals surface area (Å²) in [4.78, 5) is 24.3. The van der Waals surface area contributed by atoms with E-state index in [0.29, 0.717) is 30.5 Å². The van der Waals surface area contributed by atoms with Gasteiger partial charge in [-0.05, 0) is 67.0 Å². The van der Waals surface area contributed by atoms with Crippen LogP contribution in [0.1, 0.15) is 54.1 Å². The lowest BCUT2D eigenvalue weighted by Gasteiger charge is -2.22. The molecule has 0 radical (unpaired) electrons. The number of ketones is 1. The highest BCUT2D eigenvalue weighted by atomic mass is 19.1. The predicted octanol–water partition coefficient (Wildman–Crippen LogP) is 2.31. The third-order valence-corrected chi connectivity index (χ3v) is 4.96. The van der Waals surface area contributed by atoms with Crippen molar-refractivity contribution in [3.8, 4) is 0 Å². The Morgan fingerprint density at radius 3 is 2.64 bits per heavy atom. The Bertz CT molecular complexity index is 871. The van der Waals surface area contributed by atoms with Crippen LogP contribution in [0.4, 0.5) is 4.39 Å². The molecule has 146 valence electrons. The number of carbonyl (C=O) groups excluding carboxylic acids is 2. The summed E-state index contributed by atoms with van der Waals surface area (Å²) in [6.07, 6.45) is 0.877. The maximum absolute atomic E-state index is 13.2. The number of hydrogen-bond donors (Lipinski definition) is 2. The van der Waals surface area contributed by atoms with Crippen molar-refractivity contribution in [2.45, 2.75) is 45.3 Å². The molecule has 1 aliphatic heterocycles. The van der Waals surface area contributed by atoms with Crippen LogP contribution in [0.15, 0.2) is 42.5 Å². The van der Waals surface area contributed by atoms with Crippen molar-refractivity contribution >= 4 is 24.3 Å². The fourth-order valence-electron chi connectivity index (χ4n) is 3.57. The Morgan fingerprint density at radius 2 is 1.96 bits per heavy atom. The van der Waals surface area contributed by atoms with Gasteiger partial charge in [-0.25, -0.2) is 4.39 Å². The zero-order valence-electron chi connectivity index (χ0n) is 15.9. The monoisotopic (exact) mass is 383 g/mol. The largest absolute Gasteiger partial charge is 0.491 e. The second-order valence-corrected chi connectivity index (χ2v) is 7.34. The van der Waals surface area contributed by atoms with E-state index in [1.807, 2.05) is 6.92 Å². The van der Waals surface area contributed by atoms with Gasteiger partial charge in [0.05, 0.1) is 6.61 Å². The van der Waals surface area contributed by atoms with Gasteiger partial charge in [0.2, 0.25) is 0 Å². The molecule has 0 spiro atoms. The Kier molecular flexibility index (Phi) is 6.26. The van der Waals surface area contributed by atoms with Crippen LogP contribution in [0.2, 0.25) is 0 Å². The molecular formula is C21H23BFNO4. The molecule has 28 heavy (non-hydrogen) atoms. The standard InChI is InChI=1S/C21H23BFNO4/c1-13(9-18(10-14(2)25)15-5-7-19(23)8-6-15)24-21(26)16-3-4-17-12-28-22(27)20(17)11-16/h3-8,11,13,18,27H,9-10,12H2,1-2H3,(H,24,26). The smallest absolute Gasteiger partial charge is 0.423 e. The number of carbonyl (C=O) groups is 2. The highest BCUT2D eigenvalue weighted by Crippen LogP contribution is 2.26.